The summed E-state index contributed by atoms with van der Waals surface area (Å²) in [6.45, 7) is 21.8. The van der Waals surface area contributed by atoms with Gasteiger partial charge in [0.25, 0.3) is 0 Å². The van der Waals surface area contributed by atoms with E-state index in [1.165, 1.54) is 19.3 Å². The molecule has 0 heterocycles. The van der Waals surface area contributed by atoms with Crippen molar-refractivity contribution in [1.82, 2.24) is 0 Å². The zero-order chi connectivity index (χ0) is 14.5. The molecule has 18 heavy (non-hydrogen) atoms. The van der Waals surface area contributed by atoms with E-state index in [-0.39, 0.29) is 0 Å². The lowest BCUT2D eigenvalue weighted by atomic mass is 9.66. The molecular formula is C18H38. The largest absolute Gasteiger partial charge is 0.0651 e. The Morgan fingerprint density at radius 1 is 0.833 bits per heavy atom. The Kier molecular flexibility index (Phi) is 7.56. The summed E-state index contributed by atoms with van der Waals surface area (Å²) >= 11 is 0. The minimum Gasteiger partial charge on any atom is -0.0651 e. The van der Waals surface area contributed by atoms with Gasteiger partial charge < -0.3 is 0 Å². The van der Waals surface area contributed by atoms with E-state index in [2.05, 4.69) is 62.3 Å². The molecule has 0 spiro atoms. The molecule has 0 aromatic carbocycles. The first-order chi connectivity index (χ1) is 8.17. The molecule has 0 aromatic rings. The van der Waals surface area contributed by atoms with E-state index in [1.54, 1.807) is 0 Å². The monoisotopic (exact) mass is 254 g/mol. The topological polar surface area (TPSA) is 0 Å². The summed E-state index contributed by atoms with van der Waals surface area (Å²) in [6, 6.07) is 0. The maximum atomic E-state index is 2.47. The fraction of sp³-hybridized carbons (Fsp3) is 1.00. The van der Waals surface area contributed by atoms with Crippen LogP contribution in [-0.4, -0.2) is 0 Å². The molecule has 0 saturated carbocycles. The predicted molar refractivity (Wildman–Crippen MR) is 84.8 cm³/mol. The molecule has 0 aliphatic heterocycles. The molecule has 0 fully saturated rings. The smallest absolute Gasteiger partial charge is 0.0329 e. The maximum Gasteiger partial charge on any atom is -0.0329 e. The zero-order valence-electron chi connectivity index (χ0n) is 14.5. The first-order valence-corrected chi connectivity index (χ1v) is 8.17. The van der Waals surface area contributed by atoms with Crippen molar-refractivity contribution < 1.29 is 0 Å². The van der Waals surface area contributed by atoms with Gasteiger partial charge in [-0.15, -0.1) is 0 Å². The van der Waals surface area contributed by atoms with Crippen LogP contribution in [0.3, 0.4) is 0 Å². The molecule has 0 bridgehead atoms. The van der Waals surface area contributed by atoms with Gasteiger partial charge in [0.05, 0.1) is 0 Å². The summed E-state index contributed by atoms with van der Waals surface area (Å²) in [4.78, 5) is 0. The summed E-state index contributed by atoms with van der Waals surface area (Å²) in [5.74, 6) is 4.19. The average molecular weight is 255 g/mol. The second-order valence-electron chi connectivity index (χ2n) is 7.58. The Hall–Kier alpha value is 0. The van der Waals surface area contributed by atoms with E-state index in [0.717, 1.165) is 29.6 Å². The fourth-order valence-electron chi connectivity index (χ4n) is 3.02. The quantitative estimate of drug-likeness (QED) is 0.470. The van der Waals surface area contributed by atoms with Crippen molar-refractivity contribution in [3.63, 3.8) is 0 Å². The van der Waals surface area contributed by atoms with Crippen LogP contribution in [0, 0.1) is 35.0 Å². The van der Waals surface area contributed by atoms with Gasteiger partial charge in [0.1, 0.15) is 0 Å². The third kappa shape index (κ3) is 4.94. The van der Waals surface area contributed by atoms with Crippen LogP contribution in [0.25, 0.3) is 0 Å². The van der Waals surface area contributed by atoms with Crippen LogP contribution in [0.15, 0.2) is 0 Å². The number of rotatable bonds is 8. The van der Waals surface area contributed by atoms with E-state index in [4.69, 9.17) is 0 Å². The highest BCUT2D eigenvalue weighted by atomic mass is 14.4. The lowest BCUT2D eigenvalue weighted by molar-refractivity contribution is 0.0954. The Bertz CT molecular complexity index is 216. The van der Waals surface area contributed by atoms with E-state index in [0.29, 0.717) is 5.41 Å². The molecule has 0 saturated heterocycles. The SMILES string of the molecule is CCC(C)CC(C)C(C)C(C)C(C)C(C)(C)CC. The Labute approximate surface area is 117 Å². The molecule has 0 aromatic heterocycles. The normalized spacial score (nSPS) is 21.2. The second-order valence-corrected chi connectivity index (χ2v) is 7.58. The average Bonchev–Trinajstić information content (AvgIpc) is 2.35. The molecule has 0 amide bonds. The van der Waals surface area contributed by atoms with Crippen LogP contribution in [0.4, 0.5) is 0 Å². The summed E-state index contributed by atoms with van der Waals surface area (Å²) in [7, 11) is 0. The van der Waals surface area contributed by atoms with Crippen molar-refractivity contribution in [2.75, 3.05) is 0 Å². The Morgan fingerprint density at radius 3 is 1.72 bits per heavy atom. The third-order valence-corrected chi connectivity index (χ3v) is 6.13. The van der Waals surface area contributed by atoms with E-state index in [1.807, 2.05) is 0 Å². The molecule has 0 nitrogen and oxygen atoms in total. The predicted octanol–water partition coefficient (Wildman–Crippen LogP) is 6.40. The highest BCUT2D eigenvalue weighted by Gasteiger charge is 2.32. The van der Waals surface area contributed by atoms with Gasteiger partial charge in [-0.25, -0.2) is 0 Å². The van der Waals surface area contributed by atoms with Gasteiger partial charge >= 0.3 is 0 Å². The molecule has 0 N–H and O–H groups in total. The summed E-state index contributed by atoms with van der Waals surface area (Å²) < 4.78 is 0. The lowest BCUT2D eigenvalue weighted by Gasteiger charge is -2.40. The van der Waals surface area contributed by atoms with E-state index >= 15 is 0 Å². The van der Waals surface area contributed by atoms with Gasteiger partial charge in [0.15, 0.2) is 0 Å². The summed E-state index contributed by atoms with van der Waals surface area (Å²) in [5.41, 5.74) is 0.476. The summed E-state index contributed by atoms with van der Waals surface area (Å²) in [5, 5.41) is 0. The molecule has 0 aliphatic rings. The van der Waals surface area contributed by atoms with Crippen LogP contribution < -0.4 is 0 Å². The highest BCUT2D eigenvalue weighted by molar-refractivity contribution is 4.82. The molecule has 5 atom stereocenters. The van der Waals surface area contributed by atoms with Crippen molar-refractivity contribution in [1.29, 1.82) is 0 Å². The molecule has 0 aliphatic carbocycles. The van der Waals surface area contributed by atoms with Gasteiger partial charge in [-0.2, -0.15) is 0 Å². The van der Waals surface area contributed by atoms with Crippen molar-refractivity contribution >= 4 is 0 Å². The molecular weight excluding hydrogens is 216 g/mol. The van der Waals surface area contributed by atoms with Gasteiger partial charge in [-0.1, -0.05) is 75.2 Å². The van der Waals surface area contributed by atoms with Crippen molar-refractivity contribution in [2.24, 2.45) is 35.0 Å². The molecule has 5 unspecified atom stereocenters. The van der Waals surface area contributed by atoms with Gasteiger partial charge in [-0.3, -0.25) is 0 Å². The van der Waals surface area contributed by atoms with E-state index in [9.17, 15) is 0 Å². The van der Waals surface area contributed by atoms with E-state index < -0.39 is 0 Å². The van der Waals surface area contributed by atoms with Gasteiger partial charge in [0.2, 0.25) is 0 Å². The standard InChI is InChI=1S/C18H38/c1-10-13(3)12-14(4)15(5)16(6)17(7)18(8,9)11-2/h13-17H,10-12H2,1-9H3. The second kappa shape index (κ2) is 7.56. The third-order valence-electron chi connectivity index (χ3n) is 6.13. The molecule has 0 radical (unpaired) electrons. The van der Waals surface area contributed by atoms with Crippen molar-refractivity contribution in [3.05, 3.63) is 0 Å². The van der Waals surface area contributed by atoms with Crippen LogP contribution in [0.1, 0.15) is 81.6 Å². The Balaban J connectivity index is 4.53. The van der Waals surface area contributed by atoms with Crippen molar-refractivity contribution in [3.8, 4) is 0 Å². The van der Waals surface area contributed by atoms with Gasteiger partial charge in [-0.05, 0) is 41.4 Å². The number of hydrogen-bond donors (Lipinski definition) is 0. The maximum absolute atomic E-state index is 2.47. The molecule has 110 valence electrons. The first kappa shape index (κ1) is 18.0. The molecule has 0 rings (SSSR count). The van der Waals surface area contributed by atoms with Crippen LogP contribution in [0.2, 0.25) is 0 Å². The highest BCUT2D eigenvalue weighted by Crippen LogP contribution is 2.41. The first-order valence-electron chi connectivity index (χ1n) is 8.17. The fourth-order valence-corrected chi connectivity index (χ4v) is 3.02. The van der Waals surface area contributed by atoms with Crippen LogP contribution in [0.5, 0.6) is 0 Å². The summed E-state index contributed by atoms with van der Waals surface area (Å²) in [6.07, 6.45) is 3.99. The minimum absolute atomic E-state index is 0.476. The number of hydrogen-bond acceptors (Lipinski definition) is 0. The van der Waals surface area contributed by atoms with Crippen molar-refractivity contribution in [2.45, 2.75) is 81.6 Å². The molecule has 0 heteroatoms. The Morgan fingerprint density at radius 2 is 1.33 bits per heavy atom. The van der Waals surface area contributed by atoms with Gasteiger partial charge in [0, 0.05) is 0 Å². The van der Waals surface area contributed by atoms with Crippen LogP contribution in [-0.2, 0) is 0 Å². The lowest BCUT2D eigenvalue weighted by Crippen LogP contribution is -2.32. The minimum atomic E-state index is 0.476. The zero-order valence-corrected chi connectivity index (χ0v) is 14.5. The van der Waals surface area contributed by atoms with Crippen LogP contribution >= 0.6 is 0 Å².